The third kappa shape index (κ3) is 4.02. The predicted molar refractivity (Wildman–Crippen MR) is 114 cm³/mol. The Balaban J connectivity index is 1.34. The molecule has 2 aliphatic heterocycles. The van der Waals surface area contributed by atoms with E-state index in [1.54, 1.807) is 0 Å². The van der Waals surface area contributed by atoms with E-state index in [0.29, 0.717) is 0 Å². The molecule has 2 N–H and O–H groups in total. The number of halogens is 1. The predicted octanol–water partition coefficient (Wildman–Crippen LogP) is 3.21. The Morgan fingerprint density at radius 3 is 2.50 bits per heavy atom. The van der Waals surface area contributed by atoms with E-state index in [-0.39, 0.29) is 18.0 Å². The summed E-state index contributed by atoms with van der Waals surface area (Å²) in [5.41, 5.74) is 11.5. The van der Waals surface area contributed by atoms with Crippen LogP contribution in [0, 0.1) is 13.8 Å². The van der Waals surface area contributed by atoms with E-state index in [1.807, 2.05) is 23.1 Å². The number of carbonyl (C=O) groups excluding carboxylic acids is 1. The minimum absolute atomic E-state index is 0.168. The molecule has 2 fully saturated rings. The maximum absolute atomic E-state index is 13.0. The van der Waals surface area contributed by atoms with Crippen LogP contribution in [-0.2, 0) is 4.79 Å². The summed E-state index contributed by atoms with van der Waals surface area (Å²) in [5, 5.41) is 0.745. The number of benzene rings is 2. The highest BCUT2D eigenvalue weighted by atomic mass is 35.5. The van der Waals surface area contributed by atoms with Crippen LogP contribution < -0.4 is 15.8 Å². The van der Waals surface area contributed by atoms with Gasteiger partial charge in [-0.15, -0.1) is 0 Å². The second-order valence-corrected chi connectivity index (χ2v) is 8.20. The SMILES string of the molecule is Cc1ccc(C2CC(C(=O)N3CCN(c4cccc(Cl)c4)CC3)NN2)cc1C. The van der Waals surface area contributed by atoms with Crippen molar-refractivity contribution in [2.45, 2.75) is 32.4 Å². The molecule has 2 unspecified atom stereocenters. The first-order valence-electron chi connectivity index (χ1n) is 9.89. The smallest absolute Gasteiger partial charge is 0.241 e. The molecule has 0 bridgehead atoms. The number of rotatable bonds is 3. The number of nitrogens with zero attached hydrogens (tertiary/aromatic N) is 2. The van der Waals surface area contributed by atoms with Crippen molar-refractivity contribution in [2.24, 2.45) is 0 Å². The molecule has 2 aromatic rings. The van der Waals surface area contributed by atoms with Crippen molar-refractivity contribution in [2.75, 3.05) is 31.1 Å². The van der Waals surface area contributed by atoms with Crippen LogP contribution in [0.4, 0.5) is 5.69 Å². The molecule has 5 nitrogen and oxygen atoms in total. The number of anilines is 1. The van der Waals surface area contributed by atoms with Gasteiger partial charge < -0.3 is 9.80 Å². The average molecular weight is 399 g/mol. The highest BCUT2D eigenvalue weighted by molar-refractivity contribution is 6.30. The second-order valence-electron chi connectivity index (χ2n) is 7.77. The monoisotopic (exact) mass is 398 g/mol. The summed E-state index contributed by atoms with van der Waals surface area (Å²) < 4.78 is 0. The van der Waals surface area contributed by atoms with Crippen molar-refractivity contribution in [1.29, 1.82) is 0 Å². The van der Waals surface area contributed by atoms with Crippen molar-refractivity contribution in [3.8, 4) is 0 Å². The van der Waals surface area contributed by atoms with Crippen LogP contribution in [-0.4, -0.2) is 43.0 Å². The lowest BCUT2D eigenvalue weighted by Crippen LogP contribution is -2.53. The fraction of sp³-hybridized carbons (Fsp3) is 0.409. The Morgan fingerprint density at radius 2 is 1.79 bits per heavy atom. The molecule has 1 amide bonds. The third-order valence-electron chi connectivity index (χ3n) is 5.90. The van der Waals surface area contributed by atoms with Gasteiger partial charge in [-0.2, -0.15) is 0 Å². The minimum Gasteiger partial charge on any atom is -0.368 e. The van der Waals surface area contributed by atoms with Crippen LogP contribution in [0.2, 0.25) is 5.02 Å². The highest BCUT2D eigenvalue weighted by Gasteiger charge is 2.34. The van der Waals surface area contributed by atoms with E-state index < -0.39 is 0 Å². The first-order valence-corrected chi connectivity index (χ1v) is 10.3. The molecular weight excluding hydrogens is 372 g/mol. The van der Waals surface area contributed by atoms with Crippen LogP contribution >= 0.6 is 11.6 Å². The normalized spacial score (nSPS) is 22.5. The summed E-state index contributed by atoms with van der Waals surface area (Å²) in [5.74, 6) is 0.185. The van der Waals surface area contributed by atoms with Gasteiger partial charge >= 0.3 is 0 Å². The van der Waals surface area contributed by atoms with Gasteiger partial charge in [0.25, 0.3) is 0 Å². The molecule has 2 aromatic carbocycles. The van der Waals surface area contributed by atoms with E-state index >= 15 is 0 Å². The van der Waals surface area contributed by atoms with Gasteiger partial charge in [0, 0.05) is 42.9 Å². The van der Waals surface area contributed by atoms with Gasteiger partial charge in [0.2, 0.25) is 5.91 Å². The van der Waals surface area contributed by atoms with Crippen molar-refractivity contribution >= 4 is 23.2 Å². The van der Waals surface area contributed by atoms with Crippen LogP contribution in [0.15, 0.2) is 42.5 Å². The molecule has 2 saturated heterocycles. The molecule has 0 saturated carbocycles. The number of piperazine rings is 1. The third-order valence-corrected chi connectivity index (χ3v) is 6.13. The van der Waals surface area contributed by atoms with Gasteiger partial charge in [0.15, 0.2) is 0 Å². The van der Waals surface area contributed by atoms with Gasteiger partial charge in [-0.05, 0) is 55.2 Å². The largest absolute Gasteiger partial charge is 0.368 e. The summed E-state index contributed by atoms with van der Waals surface area (Å²) in [4.78, 5) is 17.2. The summed E-state index contributed by atoms with van der Waals surface area (Å²) in [6.45, 7) is 7.37. The molecule has 2 aliphatic rings. The molecular formula is C22H27ClN4O. The zero-order valence-corrected chi connectivity index (χ0v) is 17.2. The summed E-state index contributed by atoms with van der Waals surface area (Å²) in [6, 6.07) is 14.4. The lowest BCUT2D eigenvalue weighted by atomic mass is 9.98. The molecule has 148 valence electrons. The molecule has 2 heterocycles. The van der Waals surface area contributed by atoms with Gasteiger partial charge in [-0.3, -0.25) is 4.79 Å². The fourth-order valence-electron chi connectivity index (χ4n) is 4.00. The number of hydrogen-bond donors (Lipinski definition) is 2. The number of hydrazine groups is 1. The Kier molecular flexibility index (Phi) is 5.58. The lowest BCUT2D eigenvalue weighted by Gasteiger charge is -2.37. The summed E-state index contributed by atoms with van der Waals surface area (Å²) in [6.07, 6.45) is 0.774. The fourth-order valence-corrected chi connectivity index (χ4v) is 4.18. The molecule has 2 atom stereocenters. The highest BCUT2D eigenvalue weighted by Crippen LogP contribution is 2.26. The van der Waals surface area contributed by atoms with Crippen LogP contribution in [0.25, 0.3) is 0 Å². The molecule has 4 rings (SSSR count). The number of aryl methyl sites for hydroxylation is 2. The van der Waals surface area contributed by atoms with E-state index in [2.05, 4.69) is 53.9 Å². The zero-order chi connectivity index (χ0) is 19.7. The van der Waals surface area contributed by atoms with Crippen LogP contribution in [0.3, 0.4) is 0 Å². The number of nitrogens with one attached hydrogen (secondary N) is 2. The molecule has 0 radical (unpaired) electrons. The zero-order valence-electron chi connectivity index (χ0n) is 16.4. The first-order chi connectivity index (χ1) is 13.5. The minimum atomic E-state index is -0.177. The number of hydrogen-bond acceptors (Lipinski definition) is 4. The van der Waals surface area contributed by atoms with E-state index in [9.17, 15) is 4.79 Å². The van der Waals surface area contributed by atoms with Gasteiger partial charge in [0.1, 0.15) is 6.04 Å². The Hall–Kier alpha value is -2.08. The van der Waals surface area contributed by atoms with E-state index in [4.69, 9.17) is 11.6 Å². The topological polar surface area (TPSA) is 47.6 Å². The van der Waals surface area contributed by atoms with E-state index in [0.717, 1.165) is 43.3 Å². The van der Waals surface area contributed by atoms with Crippen molar-refractivity contribution in [3.63, 3.8) is 0 Å². The van der Waals surface area contributed by atoms with Gasteiger partial charge in [-0.1, -0.05) is 35.9 Å². The molecule has 6 heteroatoms. The number of amides is 1. The number of carbonyl (C=O) groups is 1. The molecule has 0 spiro atoms. The Labute approximate surface area is 171 Å². The van der Waals surface area contributed by atoms with E-state index in [1.165, 1.54) is 16.7 Å². The van der Waals surface area contributed by atoms with Crippen molar-refractivity contribution < 1.29 is 4.79 Å². The first kappa shape index (κ1) is 19.2. The van der Waals surface area contributed by atoms with Crippen molar-refractivity contribution in [3.05, 3.63) is 64.2 Å². The standard InChI is InChI=1S/C22H27ClN4O/c1-15-6-7-17(12-16(15)2)20-14-21(25-24-20)22(28)27-10-8-26(9-11-27)19-5-3-4-18(23)13-19/h3-7,12-13,20-21,24-25H,8-11,14H2,1-2H3. The summed E-state index contributed by atoms with van der Waals surface area (Å²) >= 11 is 6.11. The molecule has 28 heavy (non-hydrogen) atoms. The van der Waals surface area contributed by atoms with Crippen LogP contribution in [0.1, 0.15) is 29.2 Å². The van der Waals surface area contributed by atoms with Crippen molar-refractivity contribution in [1.82, 2.24) is 15.8 Å². The molecule has 0 aromatic heterocycles. The quantitative estimate of drug-likeness (QED) is 0.833. The lowest BCUT2D eigenvalue weighted by molar-refractivity contribution is -0.133. The van der Waals surface area contributed by atoms with Gasteiger partial charge in [-0.25, -0.2) is 10.9 Å². The van der Waals surface area contributed by atoms with Crippen LogP contribution in [0.5, 0.6) is 0 Å². The van der Waals surface area contributed by atoms with Gasteiger partial charge in [0.05, 0.1) is 0 Å². The maximum atomic E-state index is 13.0. The summed E-state index contributed by atoms with van der Waals surface area (Å²) in [7, 11) is 0. The molecule has 0 aliphatic carbocycles. The second kappa shape index (κ2) is 8.11. The average Bonchev–Trinajstić information content (AvgIpc) is 3.20. The maximum Gasteiger partial charge on any atom is 0.241 e. The Bertz CT molecular complexity index is 863. The Morgan fingerprint density at radius 1 is 1.00 bits per heavy atom.